The molecule has 0 saturated carbocycles. The van der Waals surface area contributed by atoms with Crippen LogP contribution in [0.2, 0.25) is 0 Å². The second-order valence-electron chi connectivity index (χ2n) is 5.89. The summed E-state index contributed by atoms with van der Waals surface area (Å²) in [5, 5.41) is 0. The van der Waals surface area contributed by atoms with Crippen molar-refractivity contribution >= 4 is 22.3 Å². The summed E-state index contributed by atoms with van der Waals surface area (Å²) >= 11 is 0. The molecule has 0 aliphatic carbocycles. The van der Waals surface area contributed by atoms with Crippen molar-refractivity contribution in [1.82, 2.24) is 14.5 Å². The van der Waals surface area contributed by atoms with Gasteiger partial charge in [0.25, 0.3) is 5.91 Å². The maximum Gasteiger partial charge on any atom is 0.254 e. The smallest absolute Gasteiger partial charge is 0.254 e. The normalized spacial score (nSPS) is 16.8. The lowest BCUT2D eigenvalue weighted by Gasteiger charge is -2.32. The highest BCUT2D eigenvalue weighted by atomic mass is 32.2. The van der Waals surface area contributed by atoms with Crippen molar-refractivity contribution in [1.29, 1.82) is 0 Å². The van der Waals surface area contributed by atoms with Crippen LogP contribution in [0.15, 0.2) is 29.2 Å². The van der Waals surface area contributed by atoms with Crippen molar-refractivity contribution in [3.63, 3.8) is 0 Å². The highest BCUT2D eigenvalue weighted by molar-refractivity contribution is 7.89. The monoisotopic (exact) mass is 353 g/mol. The number of benzene rings is 1. The molecule has 1 atom stereocenters. The molecule has 1 fully saturated rings. The van der Waals surface area contributed by atoms with Gasteiger partial charge in [-0.05, 0) is 31.5 Å². The number of nitrogens with one attached hydrogen (secondary N) is 1. The minimum absolute atomic E-state index is 0.0835. The molecule has 0 bridgehead atoms. The Kier molecular flexibility index (Phi) is 5.95. The average Bonchev–Trinajstić information content (AvgIpc) is 2.60. The van der Waals surface area contributed by atoms with Crippen molar-refractivity contribution in [2.24, 2.45) is 0 Å². The summed E-state index contributed by atoms with van der Waals surface area (Å²) < 4.78 is 27.3. The molecule has 1 saturated heterocycles. The predicted molar refractivity (Wildman–Crippen MR) is 90.1 cm³/mol. The SMILES string of the molecule is CCC(C)NS(=O)(=O)c1cccc(C(=O)N2CCN(C=O)CC2)c1. The lowest BCUT2D eigenvalue weighted by molar-refractivity contribution is -0.119. The predicted octanol–water partition coefficient (Wildman–Crippen LogP) is 0.678. The van der Waals surface area contributed by atoms with E-state index >= 15 is 0 Å². The van der Waals surface area contributed by atoms with Crippen LogP contribution in [0.25, 0.3) is 0 Å². The molecule has 1 N–H and O–H groups in total. The van der Waals surface area contributed by atoms with Crippen molar-refractivity contribution in [3.8, 4) is 0 Å². The molecule has 2 rings (SSSR count). The fourth-order valence-electron chi connectivity index (χ4n) is 2.43. The van der Waals surface area contributed by atoms with Gasteiger partial charge in [0.2, 0.25) is 16.4 Å². The molecule has 0 spiro atoms. The van der Waals surface area contributed by atoms with Gasteiger partial charge < -0.3 is 9.80 Å². The van der Waals surface area contributed by atoms with E-state index in [1.54, 1.807) is 28.9 Å². The molecular formula is C16H23N3O4S. The summed E-state index contributed by atoms with van der Waals surface area (Å²) in [5.74, 6) is -0.221. The van der Waals surface area contributed by atoms with Gasteiger partial charge in [0, 0.05) is 37.8 Å². The topological polar surface area (TPSA) is 86.8 Å². The maximum absolute atomic E-state index is 12.6. The van der Waals surface area contributed by atoms with Crippen LogP contribution in [0, 0.1) is 0 Å². The number of hydrogen-bond acceptors (Lipinski definition) is 4. The van der Waals surface area contributed by atoms with Crippen molar-refractivity contribution < 1.29 is 18.0 Å². The van der Waals surface area contributed by atoms with Gasteiger partial charge >= 0.3 is 0 Å². The lowest BCUT2D eigenvalue weighted by Crippen LogP contribution is -2.48. The fourth-order valence-corrected chi connectivity index (χ4v) is 3.80. The first-order valence-corrected chi connectivity index (χ1v) is 9.46. The standard InChI is InChI=1S/C16H23N3O4S/c1-3-13(2)17-24(22,23)15-6-4-5-14(11-15)16(21)19-9-7-18(12-20)8-10-19/h4-6,11-13,17H,3,7-10H2,1-2H3. The van der Waals surface area contributed by atoms with Gasteiger partial charge in [0.05, 0.1) is 4.90 Å². The number of hydrogen-bond donors (Lipinski definition) is 1. The Labute approximate surface area is 142 Å². The Balaban J connectivity index is 2.15. The van der Waals surface area contributed by atoms with Gasteiger partial charge in [0.15, 0.2) is 0 Å². The summed E-state index contributed by atoms with van der Waals surface area (Å²) in [6.45, 7) is 5.55. The minimum Gasteiger partial charge on any atom is -0.342 e. The molecule has 8 heteroatoms. The van der Waals surface area contributed by atoms with Crippen molar-refractivity contribution in [2.45, 2.75) is 31.2 Å². The van der Waals surface area contributed by atoms with Crippen LogP contribution in [0.4, 0.5) is 0 Å². The highest BCUT2D eigenvalue weighted by Crippen LogP contribution is 2.15. The Morgan fingerprint density at radius 1 is 1.29 bits per heavy atom. The van der Waals surface area contributed by atoms with Crippen LogP contribution in [-0.2, 0) is 14.8 Å². The van der Waals surface area contributed by atoms with Gasteiger partial charge in [-0.1, -0.05) is 13.0 Å². The Bertz CT molecular complexity index is 697. The third kappa shape index (κ3) is 4.33. The number of amides is 2. The van der Waals surface area contributed by atoms with Gasteiger partial charge in [-0.2, -0.15) is 0 Å². The Hall–Kier alpha value is -1.93. The highest BCUT2D eigenvalue weighted by Gasteiger charge is 2.23. The van der Waals surface area contributed by atoms with Crippen LogP contribution in [-0.4, -0.2) is 62.8 Å². The molecule has 1 aromatic rings. The molecular weight excluding hydrogens is 330 g/mol. The van der Waals surface area contributed by atoms with E-state index in [-0.39, 0.29) is 16.8 Å². The molecule has 1 aromatic carbocycles. The summed E-state index contributed by atoms with van der Waals surface area (Å²) in [4.78, 5) is 26.6. The number of piperazine rings is 1. The molecule has 0 radical (unpaired) electrons. The zero-order valence-corrected chi connectivity index (χ0v) is 14.8. The van der Waals surface area contributed by atoms with Crippen molar-refractivity contribution in [3.05, 3.63) is 29.8 Å². The molecule has 0 aromatic heterocycles. The van der Waals surface area contributed by atoms with Crippen molar-refractivity contribution in [2.75, 3.05) is 26.2 Å². The molecule has 1 aliphatic heterocycles. The van der Waals surface area contributed by atoms with E-state index in [1.807, 2.05) is 6.92 Å². The summed E-state index contributed by atoms with van der Waals surface area (Å²) in [6, 6.07) is 5.88. The second kappa shape index (κ2) is 7.76. The first-order valence-electron chi connectivity index (χ1n) is 7.98. The van der Waals surface area contributed by atoms with Gasteiger partial charge in [-0.15, -0.1) is 0 Å². The molecule has 7 nitrogen and oxygen atoms in total. The Morgan fingerprint density at radius 2 is 1.96 bits per heavy atom. The minimum atomic E-state index is -3.65. The quantitative estimate of drug-likeness (QED) is 0.762. The molecule has 132 valence electrons. The number of carbonyl (C=O) groups is 2. The van der Waals surface area contributed by atoms with E-state index < -0.39 is 10.0 Å². The summed E-state index contributed by atoms with van der Waals surface area (Å²) in [7, 11) is -3.65. The van der Waals surface area contributed by atoms with E-state index in [0.29, 0.717) is 38.2 Å². The van der Waals surface area contributed by atoms with E-state index in [9.17, 15) is 18.0 Å². The largest absolute Gasteiger partial charge is 0.342 e. The zero-order valence-electron chi connectivity index (χ0n) is 13.9. The third-order valence-corrected chi connectivity index (χ3v) is 5.70. The number of carbonyl (C=O) groups excluding carboxylic acids is 2. The van der Waals surface area contributed by atoms with E-state index in [2.05, 4.69) is 4.72 Å². The van der Waals surface area contributed by atoms with E-state index in [1.165, 1.54) is 12.1 Å². The third-order valence-electron chi connectivity index (χ3n) is 4.11. The number of rotatable bonds is 6. The van der Waals surface area contributed by atoms with E-state index in [4.69, 9.17) is 0 Å². The van der Waals surface area contributed by atoms with Crippen LogP contribution in [0.5, 0.6) is 0 Å². The maximum atomic E-state index is 12.6. The van der Waals surface area contributed by atoms with Gasteiger partial charge in [0.1, 0.15) is 0 Å². The van der Waals surface area contributed by atoms with E-state index in [0.717, 1.165) is 6.41 Å². The molecule has 1 aliphatic rings. The average molecular weight is 353 g/mol. The first-order chi connectivity index (χ1) is 11.4. The molecule has 2 amide bonds. The number of sulfonamides is 1. The molecule has 24 heavy (non-hydrogen) atoms. The second-order valence-corrected chi connectivity index (χ2v) is 7.61. The Morgan fingerprint density at radius 3 is 2.54 bits per heavy atom. The molecule has 1 unspecified atom stereocenters. The summed E-state index contributed by atoms with van der Waals surface area (Å²) in [6.07, 6.45) is 1.45. The lowest BCUT2D eigenvalue weighted by atomic mass is 10.2. The zero-order chi connectivity index (χ0) is 17.7. The van der Waals surface area contributed by atoms with Crippen LogP contribution >= 0.6 is 0 Å². The van der Waals surface area contributed by atoms with Crippen LogP contribution < -0.4 is 4.72 Å². The van der Waals surface area contributed by atoms with Gasteiger partial charge in [-0.25, -0.2) is 13.1 Å². The molecule has 1 heterocycles. The fraction of sp³-hybridized carbons (Fsp3) is 0.500. The first kappa shape index (κ1) is 18.4. The van der Waals surface area contributed by atoms with Crippen LogP contribution in [0.3, 0.4) is 0 Å². The van der Waals surface area contributed by atoms with Gasteiger partial charge in [-0.3, -0.25) is 9.59 Å². The van der Waals surface area contributed by atoms with Crippen LogP contribution in [0.1, 0.15) is 30.6 Å². The number of nitrogens with zero attached hydrogens (tertiary/aromatic N) is 2. The summed E-state index contributed by atoms with van der Waals surface area (Å²) in [5.41, 5.74) is 0.335.